The number of thioether (sulfide) groups is 1. The van der Waals surface area contributed by atoms with Crippen LogP contribution in [0.2, 0.25) is 0 Å². The third-order valence-electron chi connectivity index (χ3n) is 3.67. The summed E-state index contributed by atoms with van der Waals surface area (Å²) in [6, 6.07) is 10.5. The quantitative estimate of drug-likeness (QED) is 0.876. The fourth-order valence-corrected chi connectivity index (χ4v) is 3.40. The van der Waals surface area contributed by atoms with Gasteiger partial charge < -0.3 is 5.32 Å². The van der Waals surface area contributed by atoms with Crippen LogP contribution in [0.25, 0.3) is 0 Å². The van der Waals surface area contributed by atoms with Gasteiger partial charge in [-0.3, -0.25) is 0 Å². The lowest BCUT2D eigenvalue weighted by molar-refractivity contribution is 0.603. The molecule has 0 aliphatic carbocycles. The molecule has 4 heteroatoms. The second kappa shape index (κ2) is 6.58. The third-order valence-corrected chi connectivity index (χ3v) is 4.68. The zero-order valence-electron chi connectivity index (χ0n) is 12.6. The van der Waals surface area contributed by atoms with Gasteiger partial charge in [0, 0.05) is 30.0 Å². The molecule has 3 nitrogen and oxygen atoms in total. The first-order chi connectivity index (χ1) is 10.2. The van der Waals surface area contributed by atoms with Crippen molar-refractivity contribution in [2.75, 3.05) is 6.54 Å². The number of nitrogens with one attached hydrogen (secondary N) is 1. The van der Waals surface area contributed by atoms with Gasteiger partial charge in [-0.25, -0.2) is 9.97 Å². The lowest BCUT2D eigenvalue weighted by Gasteiger charge is -2.21. The van der Waals surface area contributed by atoms with Gasteiger partial charge in [-0.2, -0.15) is 0 Å². The van der Waals surface area contributed by atoms with E-state index >= 15 is 0 Å². The Hall–Kier alpha value is -1.39. The first-order valence-corrected chi connectivity index (χ1v) is 8.49. The number of nitrogens with zero attached hydrogens (tertiary/aromatic N) is 2. The predicted octanol–water partition coefficient (Wildman–Crippen LogP) is 3.54. The van der Waals surface area contributed by atoms with Crippen molar-refractivity contribution < 1.29 is 0 Å². The third kappa shape index (κ3) is 3.44. The first kappa shape index (κ1) is 14.5. The Balaban J connectivity index is 1.84. The Kier molecular flexibility index (Phi) is 4.56. The van der Waals surface area contributed by atoms with Gasteiger partial charge >= 0.3 is 0 Å². The topological polar surface area (TPSA) is 37.8 Å². The maximum Gasteiger partial charge on any atom is 0.139 e. The number of benzene rings is 1. The van der Waals surface area contributed by atoms with Gasteiger partial charge in [-0.05, 0) is 18.1 Å². The summed E-state index contributed by atoms with van der Waals surface area (Å²) < 4.78 is 0. The summed E-state index contributed by atoms with van der Waals surface area (Å²) in [5.74, 6) is 2.25. The predicted molar refractivity (Wildman–Crippen MR) is 87.5 cm³/mol. The van der Waals surface area contributed by atoms with Crippen molar-refractivity contribution in [2.45, 2.75) is 43.4 Å². The fourth-order valence-electron chi connectivity index (χ4n) is 2.63. The van der Waals surface area contributed by atoms with E-state index in [1.165, 1.54) is 21.8 Å². The van der Waals surface area contributed by atoms with Crippen LogP contribution in [0, 0.1) is 0 Å². The molecular weight excluding hydrogens is 278 g/mol. The monoisotopic (exact) mass is 299 g/mol. The van der Waals surface area contributed by atoms with Gasteiger partial charge in [0.1, 0.15) is 5.82 Å². The zero-order chi connectivity index (χ0) is 14.7. The molecule has 0 spiro atoms. The summed E-state index contributed by atoms with van der Waals surface area (Å²) in [7, 11) is 0. The van der Waals surface area contributed by atoms with E-state index in [0.717, 1.165) is 31.1 Å². The molecule has 1 aliphatic heterocycles. The van der Waals surface area contributed by atoms with E-state index in [-0.39, 0.29) is 0 Å². The Bertz CT molecular complexity index is 611. The summed E-state index contributed by atoms with van der Waals surface area (Å²) >= 11 is 1.80. The Morgan fingerprint density at radius 2 is 2.00 bits per heavy atom. The molecule has 0 unspecified atom stereocenters. The molecule has 1 aliphatic rings. The molecule has 0 saturated carbocycles. The zero-order valence-corrected chi connectivity index (χ0v) is 13.4. The molecule has 1 aromatic heterocycles. The van der Waals surface area contributed by atoms with Crippen molar-refractivity contribution in [2.24, 2.45) is 0 Å². The molecule has 0 bridgehead atoms. The maximum atomic E-state index is 4.83. The molecule has 1 aromatic carbocycles. The average molecular weight is 299 g/mol. The average Bonchev–Trinajstić information content (AvgIpc) is 2.53. The van der Waals surface area contributed by atoms with Crippen LogP contribution in [0.15, 0.2) is 35.2 Å². The molecule has 110 valence electrons. The fraction of sp³-hybridized carbons (Fsp3) is 0.412. The van der Waals surface area contributed by atoms with Crippen LogP contribution in [-0.2, 0) is 18.7 Å². The number of hydrogen-bond acceptors (Lipinski definition) is 4. The minimum absolute atomic E-state index is 0.446. The highest BCUT2D eigenvalue weighted by atomic mass is 32.2. The molecule has 2 heterocycles. The number of hydrogen-bond donors (Lipinski definition) is 1. The van der Waals surface area contributed by atoms with E-state index in [2.05, 4.69) is 43.4 Å². The van der Waals surface area contributed by atoms with Crippen molar-refractivity contribution in [1.82, 2.24) is 15.3 Å². The minimum Gasteiger partial charge on any atom is -0.312 e. The normalized spacial score (nSPS) is 14.2. The molecule has 21 heavy (non-hydrogen) atoms. The molecule has 0 atom stereocenters. The highest BCUT2D eigenvalue weighted by Crippen LogP contribution is 2.25. The minimum atomic E-state index is 0.446. The summed E-state index contributed by atoms with van der Waals surface area (Å²) in [6.45, 7) is 6.36. The molecule has 1 N–H and O–H groups in total. The van der Waals surface area contributed by atoms with Crippen LogP contribution in [0.4, 0.5) is 0 Å². The summed E-state index contributed by atoms with van der Waals surface area (Å²) in [6.07, 6.45) is 1.01. The van der Waals surface area contributed by atoms with E-state index in [4.69, 9.17) is 9.97 Å². The largest absolute Gasteiger partial charge is 0.312 e. The van der Waals surface area contributed by atoms with Crippen LogP contribution in [0.5, 0.6) is 0 Å². The van der Waals surface area contributed by atoms with E-state index in [9.17, 15) is 0 Å². The molecule has 2 aromatic rings. The van der Waals surface area contributed by atoms with Crippen LogP contribution in [0.1, 0.15) is 42.5 Å². The summed E-state index contributed by atoms with van der Waals surface area (Å²) in [4.78, 5) is 10.9. The Labute approximate surface area is 130 Å². The highest BCUT2D eigenvalue weighted by molar-refractivity contribution is 7.98. The van der Waals surface area contributed by atoms with Crippen molar-refractivity contribution in [3.05, 3.63) is 53.1 Å². The smallest absolute Gasteiger partial charge is 0.139 e. The Morgan fingerprint density at radius 1 is 1.19 bits per heavy atom. The first-order valence-electron chi connectivity index (χ1n) is 7.51. The Morgan fingerprint density at radius 3 is 2.76 bits per heavy atom. The van der Waals surface area contributed by atoms with Crippen LogP contribution < -0.4 is 5.32 Å². The second-order valence-electron chi connectivity index (χ2n) is 5.63. The van der Waals surface area contributed by atoms with Crippen molar-refractivity contribution >= 4 is 11.8 Å². The molecule has 3 rings (SSSR count). The highest BCUT2D eigenvalue weighted by Gasteiger charge is 2.19. The van der Waals surface area contributed by atoms with Crippen LogP contribution in [-0.4, -0.2) is 16.5 Å². The number of rotatable bonds is 4. The van der Waals surface area contributed by atoms with E-state index in [1.807, 2.05) is 6.07 Å². The van der Waals surface area contributed by atoms with Crippen LogP contribution in [0.3, 0.4) is 0 Å². The lowest BCUT2D eigenvalue weighted by Crippen LogP contribution is -2.27. The molecule has 0 saturated heterocycles. The van der Waals surface area contributed by atoms with Gasteiger partial charge in [0.15, 0.2) is 0 Å². The van der Waals surface area contributed by atoms with E-state index in [1.54, 1.807) is 11.8 Å². The molecule has 0 fully saturated rings. The molecular formula is C17H21N3S. The van der Waals surface area contributed by atoms with Crippen molar-refractivity contribution in [3.8, 4) is 0 Å². The number of aromatic nitrogens is 2. The van der Waals surface area contributed by atoms with E-state index < -0.39 is 0 Å². The van der Waals surface area contributed by atoms with Gasteiger partial charge in [0.25, 0.3) is 0 Å². The van der Waals surface area contributed by atoms with Gasteiger partial charge in [0.05, 0.1) is 17.1 Å². The van der Waals surface area contributed by atoms with Gasteiger partial charge in [-0.1, -0.05) is 32.0 Å². The maximum absolute atomic E-state index is 4.83. The van der Waals surface area contributed by atoms with E-state index in [0.29, 0.717) is 5.92 Å². The second-order valence-corrected chi connectivity index (χ2v) is 6.68. The van der Waals surface area contributed by atoms with Crippen molar-refractivity contribution in [3.63, 3.8) is 0 Å². The van der Waals surface area contributed by atoms with Gasteiger partial charge in [0.2, 0.25) is 0 Å². The summed E-state index contributed by atoms with van der Waals surface area (Å²) in [5, 5.41) is 3.43. The molecule has 0 radical (unpaired) electrons. The van der Waals surface area contributed by atoms with Gasteiger partial charge in [-0.15, -0.1) is 11.8 Å². The van der Waals surface area contributed by atoms with Crippen LogP contribution >= 0.6 is 11.8 Å². The molecule has 0 amide bonds. The summed E-state index contributed by atoms with van der Waals surface area (Å²) in [5.41, 5.74) is 3.79. The lowest BCUT2D eigenvalue weighted by atomic mass is 9.98. The SMILES string of the molecule is CC(C)c1nc(CSc2ccccc2)nc2c1CNCC2. The van der Waals surface area contributed by atoms with Crippen molar-refractivity contribution in [1.29, 1.82) is 0 Å². The number of fused-ring (bicyclic) bond motifs is 1. The standard InChI is InChI=1S/C17H21N3S/c1-12(2)17-14-10-18-9-8-15(14)19-16(20-17)11-21-13-6-4-3-5-7-13/h3-7,12,18H,8-11H2,1-2H3.